The van der Waals surface area contributed by atoms with Crippen molar-refractivity contribution in [3.63, 3.8) is 0 Å². The van der Waals surface area contributed by atoms with Gasteiger partial charge in [-0.15, -0.1) is 0 Å². The van der Waals surface area contributed by atoms with Gasteiger partial charge < -0.3 is 10.4 Å². The molecular weight excluding hydrogens is 190 g/mol. The van der Waals surface area contributed by atoms with Gasteiger partial charge >= 0.3 is 0 Å². The van der Waals surface area contributed by atoms with E-state index in [2.05, 4.69) is 12.2 Å². The number of rotatable bonds is 3. The molecule has 2 atom stereocenters. The van der Waals surface area contributed by atoms with Crippen LogP contribution >= 0.6 is 0 Å². The molecule has 0 bridgehead atoms. The Morgan fingerprint density at radius 1 is 1.67 bits per heavy atom. The van der Waals surface area contributed by atoms with Crippen LogP contribution in [0.1, 0.15) is 39.5 Å². The maximum Gasteiger partial charge on any atom is 0.244 e. The fourth-order valence-electron chi connectivity index (χ4n) is 2.41. The highest BCUT2D eigenvalue weighted by atomic mass is 16.3. The summed E-state index contributed by atoms with van der Waals surface area (Å²) < 4.78 is 0. The second-order valence-corrected chi connectivity index (χ2v) is 4.63. The van der Waals surface area contributed by atoms with E-state index in [4.69, 9.17) is 0 Å². The molecule has 0 saturated heterocycles. The topological polar surface area (TPSA) is 49.3 Å². The molecule has 0 radical (unpaired) electrons. The van der Waals surface area contributed by atoms with Crippen LogP contribution in [0.5, 0.6) is 0 Å². The normalized spacial score (nSPS) is 31.8. The van der Waals surface area contributed by atoms with E-state index in [0.29, 0.717) is 5.92 Å². The fraction of sp³-hybridized carbons (Fsp3) is 0.750. The lowest BCUT2D eigenvalue weighted by atomic mass is 9.77. The Bertz CT molecular complexity index is 250. The summed E-state index contributed by atoms with van der Waals surface area (Å²) in [5, 5.41) is 12.4. The van der Waals surface area contributed by atoms with E-state index in [-0.39, 0.29) is 18.1 Å². The maximum absolute atomic E-state index is 11.5. The predicted octanol–water partition coefficient (Wildman–Crippen LogP) is 1.62. The van der Waals surface area contributed by atoms with E-state index in [0.717, 1.165) is 19.3 Å². The van der Waals surface area contributed by atoms with Gasteiger partial charge in [-0.2, -0.15) is 0 Å². The average molecular weight is 211 g/mol. The van der Waals surface area contributed by atoms with Crippen LogP contribution in [0, 0.1) is 5.92 Å². The van der Waals surface area contributed by atoms with Crippen molar-refractivity contribution in [2.75, 3.05) is 6.61 Å². The molecule has 86 valence electrons. The number of aliphatic hydroxyl groups is 1. The molecule has 1 fully saturated rings. The first kappa shape index (κ1) is 12.2. The summed E-state index contributed by atoms with van der Waals surface area (Å²) in [6.07, 6.45) is 7.27. The summed E-state index contributed by atoms with van der Waals surface area (Å²) in [6.45, 7) is 4.03. The lowest BCUT2D eigenvalue weighted by Crippen LogP contribution is -2.53. The van der Waals surface area contributed by atoms with Gasteiger partial charge in [0.05, 0.1) is 12.1 Å². The zero-order valence-corrected chi connectivity index (χ0v) is 9.62. The van der Waals surface area contributed by atoms with Gasteiger partial charge in [0.2, 0.25) is 5.91 Å². The van der Waals surface area contributed by atoms with Crippen molar-refractivity contribution in [3.8, 4) is 0 Å². The minimum atomic E-state index is -0.381. The molecule has 1 aliphatic carbocycles. The first-order chi connectivity index (χ1) is 7.12. The third kappa shape index (κ3) is 3.34. The van der Waals surface area contributed by atoms with Crippen LogP contribution in [-0.2, 0) is 4.79 Å². The van der Waals surface area contributed by atoms with Crippen LogP contribution in [-0.4, -0.2) is 23.2 Å². The summed E-state index contributed by atoms with van der Waals surface area (Å²) in [5.74, 6) is 0.484. The highest BCUT2D eigenvalue weighted by Crippen LogP contribution is 2.31. The van der Waals surface area contributed by atoms with E-state index in [1.165, 1.54) is 12.5 Å². The number of nitrogens with one attached hydrogen (secondary N) is 1. The average Bonchev–Trinajstić information content (AvgIpc) is 2.18. The molecule has 15 heavy (non-hydrogen) atoms. The summed E-state index contributed by atoms with van der Waals surface area (Å²) in [6, 6.07) is 0. The Morgan fingerprint density at radius 3 is 2.93 bits per heavy atom. The van der Waals surface area contributed by atoms with Gasteiger partial charge in [-0.1, -0.05) is 25.8 Å². The van der Waals surface area contributed by atoms with Crippen molar-refractivity contribution in [3.05, 3.63) is 12.2 Å². The Kier molecular flexibility index (Phi) is 4.33. The van der Waals surface area contributed by atoms with Crippen LogP contribution in [0.4, 0.5) is 0 Å². The predicted molar refractivity (Wildman–Crippen MR) is 60.4 cm³/mol. The third-order valence-corrected chi connectivity index (χ3v) is 3.10. The SMILES string of the molecule is C/C=C/C(=O)NC1(CO)CCCC(C)C1. The van der Waals surface area contributed by atoms with Crippen LogP contribution in [0.3, 0.4) is 0 Å². The van der Waals surface area contributed by atoms with Gasteiger partial charge in [-0.3, -0.25) is 4.79 Å². The Labute approximate surface area is 91.6 Å². The van der Waals surface area contributed by atoms with Crippen LogP contribution in [0.25, 0.3) is 0 Å². The van der Waals surface area contributed by atoms with Gasteiger partial charge in [0.1, 0.15) is 0 Å². The summed E-state index contributed by atoms with van der Waals surface area (Å²) in [5.41, 5.74) is -0.381. The molecule has 0 aliphatic heterocycles. The van der Waals surface area contributed by atoms with Crippen LogP contribution in [0.15, 0.2) is 12.2 Å². The second kappa shape index (κ2) is 5.31. The zero-order valence-electron chi connectivity index (χ0n) is 9.62. The maximum atomic E-state index is 11.5. The van der Waals surface area contributed by atoms with Gasteiger partial charge in [0.25, 0.3) is 0 Å². The summed E-state index contributed by atoms with van der Waals surface area (Å²) in [7, 11) is 0. The van der Waals surface area contributed by atoms with Gasteiger partial charge in [0, 0.05) is 0 Å². The minimum Gasteiger partial charge on any atom is -0.394 e. The molecule has 3 nitrogen and oxygen atoms in total. The van der Waals surface area contributed by atoms with Gasteiger partial charge in [0.15, 0.2) is 0 Å². The second-order valence-electron chi connectivity index (χ2n) is 4.63. The van der Waals surface area contributed by atoms with E-state index in [9.17, 15) is 9.90 Å². The van der Waals surface area contributed by atoms with Crippen LogP contribution < -0.4 is 5.32 Å². The molecule has 0 aromatic rings. The van der Waals surface area contributed by atoms with E-state index < -0.39 is 0 Å². The van der Waals surface area contributed by atoms with E-state index >= 15 is 0 Å². The van der Waals surface area contributed by atoms with Crippen molar-refractivity contribution in [2.24, 2.45) is 5.92 Å². The number of carbonyl (C=O) groups excluding carboxylic acids is 1. The van der Waals surface area contributed by atoms with E-state index in [1.807, 2.05) is 6.92 Å². The van der Waals surface area contributed by atoms with Crippen molar-refractivity contribution in [1.29, 1.82) is 0 Å². The molecule has 3 heteroatoms. The molecule has 1 saturated carbocycles. The van der Waals surface area contributed by atoms with E-state index in [1.54, 1.807) is 6.08 Å². The highest BCUT2D eigenvalue weighted by molar-refractivity contribution is 5.88. The lowest BCUT2D eigenvalue weighted by Gasteiger charge is -2.39. The molecule has 0 aromatic heterocycles. The molecule has 2 N–H and O–H groups in total. The lowest BCUT2D eigenvalue weighted by molar-refractivity contribution is -0.119. The number of hydrogen-bond donors (Lipinski definition) is 2. The standard InChI is InChI=1S/C12H21NO2/c1-3-5-11(15)13-12(9-14)7-4-6-10(2)8-12/h3,5,10,14H,4,6-9H2,1-2H3,(H,13,15)/b5-3+. The monoisotopic (exact) mass is 211 g/mol. The molecular formula is C12H21NO2. The van der Waals surface area contributed by atoms with Gasteiger partial charge in [-0.05, 0) is 31.8 Å². The Balaban J connectivity index is 2.63. The number of carbonyl (C=O) groups is 1. The summed E-state index contributed by atoms with van der Waals surface area (Å²) in [4.78, 5) is 11.5. The van der Waals surface area contributed by atoms with Crippen molar-refractivity contribution < 1.29 is 9.90 Å². The first-order valence-electron chi connectivity index (χ1n) is 5.67. The molecule has 0 heterocycles. The fourth-order valence-corrected chi connectivity index (χ4v) is 2.41. The molecule has 0 spiro atoms. The number of hydrogen-bond acceptors (Lipinski definition) is 2. The number of aliphatic hydroxyl groups excluding tert-OH is 1. The molecule has 1 amide bonds. The molecule has 2 unspecified atom stereocenters. The highest BCUT2D eigenvalue weighted by Gasteiger charge is 2.35. The van der Waals surface area contributed by atoms with Crippen molar-refractivity contribution >= 4 is 5.91 Å². The molecule has 1 rings (SSSR count). The Morgan fingerprint density at radius 2 is 2.40 bits per heavy atom. The largest absolute Gasteiger partial charge is 0.394 e. The quantitative estimate of drug-likeness (QED) is 0.697. The van der Waals surface area contributed by atoms with Gasteiger partial charge in [-0.25, -0.2) is 0 Å². The van der Waals surface area contributed by atoms with Crippen molar-refractivity contribution in [1.82, 2.24) is 5.32 Å². The molecule has 0 aromatic carbocycles. The third-order valence-electron chi connectivity index (χ3n) is 3.10. The van der Waals surface area contributed by atoms with Crippen LogP contribution in [0.2, 0.25) is 0 Å². The smallest absolute Gasteiger partial charge is 0.244 e. The Hall–Kier alpha value is -0.830. The zero-order chi connectivity index (χ0) is 11.3. The number of allylic oxidation sites excluding steroid dienone is 1. The minimum absolute atomic E-state index is 0.0423. The summed E-state index contributed by atoms with van der Waals surface area (Å²) >= 11 is 0. The van der Waals surface area contributed by atoms with Crippen molar-refractivity contribution in [2.45, 2.75) is 45.1 Å². The number of amides is 1. The molecule has 1 aliphatic rings. The first-order valence-corrected chi connectivity index (χ1v) is 5.67.